The summed E-state index contributed by atoms with van der Waals surface area (Å²) < 4.78 is 0. The molecule has 0 aromatic heterocycles. The molecule has 1 aromatic rings. The number of amides is 1. The molecule has 0 aliphatic carbocycles. The summed E-state index contributed by atoms with van der Waals surface area (Å²) in [6.07, 6.45) is 0.773. The van der Waals surface area contributed by atoms with Crippen LogP contribution in [0.3, 0.4) is 0 Å². The van der Waals surface area contributed by atoms with Crippen LogP contribution in [0.4, 0.5) is 5.69 Å². The SMILES string of the molecule is CCc1c(Cl)cc(C)cc1N(CCl)C(C)=O. The van der Waals surface area contributed by atoms with E-state index in [-0.39, 0.29) is 11.9 Å². The topological polar surface area (TPSA) is 20.3 Å². The molecule has 0 atom stereocenters. The highest BCUT2D eigenvalue weighted by molar-refractivity contribution is 6.32. The number of anilines is 1. The van der Waals surface area contributed by atoms with Crippen LogP contribution in [-0.4, -0.2) is 11.9 Å². The summed E-state index contributed by atoms with van der Waals surface area (Å²) in [7, 11) is 0. The number of aryl methyl sites for hydroxylation is 1. The predicted molar refractivity (Wildman–Crippen MR) is 69.4 cm³/mol. The van der Waals surface area contributed by atoms with Crippen molar-refractivity contribution in [2.24, 2.45) is 0 Å². The van der Waals surface area contributed by atoms with Crippen LogP contribution in [0, 0.1) is 6.92 Å². The molecule has 1 rings (SSSR count). The summed E-state index contributed by atoms with van der Waals surface area (Å²) in [5, 5.41) is 0.689. The lowest BCUT2D eigenvalue weighted by molar-refractivity contribution is -0.116. The van der Waals surface area contributed by atoms with Gasteiger partial charge in [0.15, 0.2) is 0 Å². The average Bonchev–Trinajstić information content (AvgIpc) is 2.17. The molecule has 0 saturated heterocycles. The highest BCUT2D eigenvalue weighted by Gasteiger charge is 2.16. The zero-order valence-electron chi connectivity index (χ0n) is 9.68. The zero-order valence-corrected chi connectivity index (χ0v) is 11.2. The number of halogens is 2. The summed E-state index contributed by atoms with van der Waals surface area (Å²) >= 11 is 12.0. The van der Waals surface area contributed by atoms with E-state index in [9.17, 15) is 4.79 Å². The Morgan fingerprint density at radius 3 is 2.50 bits per heavy atom. The van der Waals surface area contributed by atoms with Gasteiger partial charge in [-0.1, -0.05) is 18.5 Å². The van der Waals surface area contributed by atoms with Gasteiger partial charge in [0.05, 0.1) is 0 Å². The molecule has 1 amide bonds. The fourth-order valence-corrected chi connectivity index (χ4v) is 2.36. The number of alkyl halides is 1. The Kier molecular flexibility index (Phi) is 4.63. The van der Waals surface area contributed by atoms with E-state index in [1.54, 1.807) is 0 Å². The van der Waals surface area contributed by atoms with E-state index < -0.39 is 0 Å². The van der Waals surface area contributed by atoms with Crippen LogP contribution in [0.5, 0.6) is 0 Å². The van der Waals surface area contributed by atoms with Crippen LogP contribution in [0.25, 0.3) is 0 Å². The quantitative estimate of drug-likeness (QED) is 0.598. The molecule has 0 N–H and O–H groups in total. The largest absolute Gasteiger partial charge is 0.298 e. The van der Waals surface area contributed by atoms with E-state index in [2.05, 4.69) is 0 Å². The van der Waals surface area contributed by atoms with E-state index >= 15 is 0 Å². The van der Waals surface area contributed by atoms with Crippen molar-refractivity contribution < 1.29 is 4.79 Å². The summed E-state index contributed by atoms with van der Waals surface area (Å²) in [6.45, 7) is 5.45. The van der Waals surface area contributed by atoms with E-state index in [4.69, 9.17) is 23.2 Å². The highest BCUT2D eigenvalue weighted by Crippen LogP contribution is 2.30. The summed E-state index contributed by atoms with van der Waals surface area (Å²) in [4.78, 5) is 13.0. The van der Waals surface area contributed by atoms with Gasteiger partial charge in [-0.3, -0.25) is 9.69 Å². The summed E-state index contributed by atoms with van der Waals surface area (Å²) in [5.74, 6) is -0.0774. The Balaban J connectivity index is 3.34. The van der Waals surface area contributed by atoms with Gasteiger partial charge in [-0.15, -0.1) is 11.6 Å². The standard InChI is InChI=1S/C12H15Cl2NO/c1-4-10-11(14)5-8(2)6-12(10)15(7-13)9(3)16/h5-6H,4,7H2,1-3H3. The molecule has 0 heterocycles. The van der Waals surface area contributed by atoms with Gasteiger partial charge in [-0.2, -0.15) is 0 Å². The first-order valence-electron chi connectivity index (χ1n) is 5.14. The van der Waals surface area contributed by atoms with Gasteiger partial charge >= 0.3 is 0 Å². The first-order chi connectivity index (χ1) is 7.51. The molecule has 0 spiro atoms. The molecular formula is C12H15Cl2NO. The summed E-state index contributed by atoms with van der Waals surface area (Å²) in [5.41, 5.74) is 2.80. The maximum absolute atomic E-state index is 11.5. The van der Waals surface area contributed by atoms with Gasteiger partial charge < -0.3 is 0 Å². The van der Waals surface area contributed by atoms with E-state index in [0.717, 1.165) is 23.2 Å². The third kappa shape index (κ3) is 2.69. The minimum atomic E-state index is -0.0774. The van der Waals surface area contributed by atoms with Crippen LogP contribution >= 0.6 is 23.2 Å². The number of benzene rings is 1. The number of carbonyl (C=O) groups excluding carboxylic acids is 1. The monoisotopic (exact) mass is 259 g/mol. The fraction of sp³-hybridized carbons (Fsp3) is 0.417. The molecule has 0 saturated carbocycles. The first-order valence-corrected chi connectivity index (χ1v) is 6.05. The van der Waals surface area contributed by atoms with Crippen molar-refractivity contribution >= 4 is 34.8 Å². The van der Waals surface area contributed by atoms with Gasteiger partial charge in [0, 0.05) is 17.6 Å². The van der Waals surface area contributed by atoms with Crippen LogP contribution in [0.2, 0.25) is 5.02 Å². The van der Waals surface area contributed by atoms with Crippen molar-refractivity contribution in [2.75, 3.05) is 10.9 Å². The Hall–Kier alpha value is -0.730. The third-order valence-corrected chi connectivity index (χ3v) is 3.04. The number of carbonyl (C=O) groups is 1. The van der Waals surface area contributed by atoms with Crippen molar-refractivity contribution in [1.82, 2.24) is 0 Å². The maximum Gasteiger partial charge on any atom is 0.224 e. The Labute approximate surface area is 106 Å². The Morgan fingerprint density at radius 1 is 1.44 bits per heavy atom. The second-order valence-electron chi connectivity index (χ2n) is 3.66. The zero-order chi connectivity index (χ0) is 12.3. The molecule has 1 aromatic carbocycles. The minimum Gasteiger partial charge on any atom is -0.298 e. The first kappa shape index (κ1) is 13.3. The van der Waals surface area contributed by atoms with Crippen LogP contribution in [-0.2, 0) is 11.2 Å². The van der Waals surface area contributed by atoms with Gasteiger partial charge in [0.25, 0.3) is 0 Å². The fourth-order valence-electron chi connectivity index (χ4n) is 1.66. The molecule has 0 bridgehead atoms. The lowest BCUT2D eigenvalue weighted by Gasteiger charge is -2.22. The number of hydrogen-bond acceptors (Lipinski definition) is 1. The highest BCUT2D eigenvalue weighted by atomic mass is 35.5. The molecular weight excluding hydrogens is 245 g/mol. The smallest absolute Gasteiger partial charge is 0.224 e. The van der Waals surface area contributed by atoms with Gasteiger partial charge in [-0.05, 0) is 36.6 Å². The van der Waals surface area contributed by atoms with Crippen LogP contribution < -0.4 is 4.90 Å². The normalized spacial score (nSPS) is 10.3. The minimum absolute atomic E-state index is 0.0774. The second kappa shape index (κ2) is 5.55. The summed E-state index contributed by atoms with van der Waals surface area (Å²) in [6, 6.07) is 3.98. The molecule has 4 heteroatoms. The third-order valence-electron chi connectivity index (χ3n) is 2.46. The molecule has 16 heavy (non-hydrogen) atoms. The molecule has 2 nitrogen and oxygen atoms in total. The van der Waals surface area contributed by atoms with Crippen molar-refractivity contribution in [2.45, 2.75) is 27.2 Å². The molecule has 0 fully saturated rings. The molecule has 0 aliphatic rings. The molecule has 0 radical (unpaired) electrons. The van der Waals surface area contributed by atoms with Crippen molar-refractivity contribution in [3.8, 4) is 0 Å². The molecule has 88 valence electrons. The van der Waals surface area contributed by atoms with Crippen molar-refractivity contribution in [1.29, 1.82) is 0 Å². The lowest BCUT2D eigenvalue weighted by atomic mass is 10.1. The molecule has 0 aliphatic heterocycles. The Bertz CT molecular complexity index is 404. The second-order valence-corrected chi connectivity index (χ2v) is 4.31. The molecule has 0 unspecified atom stereocenters. The average molecular weight is 260 g/mol. The van der Waals surface area contributed by atoms with Gasteiger partial charge in [-0.25, -0.2) is 0 Å². The van der Waals surface area contributed by atoms with E-state index in [1.165, 1.54) is 11.8 Å². The predicted octanol–water partition coefficient (Wildman–Crippen LogP) is 3.76. The Morgan fingerprint density at radius 2 is 2.06 bits per heavy atom. The van der Waals surface area contributed by atoms with Crippen LogP contribution in [0.15, 0.2) is 12.1 Å². The van der Waals surface area contributed by atoms with Crippen molar-refractivity contribution in [3.63, 3.8) is 0 Å². The van der Waals surface area contributed by atoms with Gasteiger partial charge in [0.2, 0.25) is 5.91 Å². The maximum atomic E-state index is 11.5. The lowest BCUT2D eigenvalue weighted by Crippen LogP contribution is -2.28. The van der Waals surface area contributed by atoms with E-state index in [0.29, 0.717) is 5.02 Å². The van der Waals surface area contributed by atoms with Crippen LogP contribution in [0.1, 0.15) is 25.0 Å². The van der Waals surface area contributed by atoms with Gasteiger partial charge in [0.1, 0.15) is 6.00 Å². The number of nitrogens with zero attached hydrogens (tertiary/aromatic N) is 1. The van der Waals surface area contributed by atoms with E-state index in [1.807, 2.05) is 26.0 Å². The van der Waals surface area contributed by atoms with Crippen molar-refractivity contribution in [3.05, 3.63) is 28.3 Å². The number of hydrogen-bond donors (Lipinski definition) is 0. The number of rotatable bonds is 3.